The summed E-state index contributed by atoms with van der Waals surface area (Å²) in [6.45, 7) is 8.34. The fourth-order valence-corrected chi connectivity index (χ4v) is 2.10. The lowest BCUT2D eigenvalue weighted by molar-refractivity contribution is -0.0556. The molecule has 1 fully saturated rings. The predicted octanol–water partition coefficient (Wildman–Crippen LogP) is 1.61. The van der Waals surface area contributed by atoms with Gasteiger partial charge in [-0.1, -0.05) is 6.08 Å². The SMILES string of the molecule is C=CCNC1(C#N)CC(C)OC(C)C1. The van der Waals surface area contributed by atoms with Gasteiger partial charge in [-0.15, -0.1) is 6.58 Å². The second kappa shape index (κ2) is 4.59. The molecular formula is C11H18N2O. The molecule has 0 saturated carbocycles. The molecule has 0 radical (unpaired) electrons. The Morgan fingerprint density at radius 1 is 1.57 bits per heavy atom. The fourth-order valence-electron chi connectivity index (χ4n) is 2.10. The number of hydrogen-bond acceptors (Lipinski definition) is 3. The van der Waals surface area contributed by atoms with Gasteiger partial charge in [0.2, 0.25) is 0 Å². The van der Waals surface area contributed by atoms with Crippen molar-refractivity contribution < 1.29 is 4.74 Å². The summed E-state index contributed by atoms with van der Waals surface area (Å²) in [4.78, 5) is 0. The minimum Gasteiger partial charge on any atom is -0.375 e. The van der Waals surface area contributed by atoms with E-state index in [1.54, 1.807) is 6.08 Å². The zero-order valence-electron chi connectivity index (χ0n) is 8.92. The Kier molecular flexibility index (Phi) is 3.68. The van der Waals surface area contributed by atoms with E-state index < -0.39 is 5.54 Å². The molecule has 2 atom stereocenters. The average molecular weight is 194 g/mol. The smallest absolute Gasteiger partial charge is 0.111 e. The molecule has 14 heavy (non-hydrogen) atoms. The number of rotatable bonds is 3. The molecule has 0 aromatic heterocycles. The van der Waals surface area contributed by atoms with E-state index in [1.165, 1.54) is 0 Å². The van der Waals surface area contributed by atoms with Crippen LogP contribution in [0.4, 0.5) is 0 Å². The Balaban J connectivity index is 2.67. The minimum absolute atomic E-state index is 0.149. The van der Waals surface area contributed by atoms with Gasteiger partial charge in [-0.25, -0.2) is 0 Å². The van der Waals surface area contributed by atoms with Crippen molar-refractivity contribution >= 4 is 0 Å². The second-order valence-corrected chi connectivity index (χ2v) is 4.03. The van der Waals surface area contributed by atoms with Crippen LogP contribution in [-0.4, -0.2) is 24.3 Å². The van der Waals surface area contributed by atoms with Crippen LogP contribution in [-0.2, 0) is 4.74 Å². The maximum atomic E-state index is 9.20. The molecule has 1 rings (SSSR count). The second-order valence-electron chi connectivity index (χ2n) is 4.03. The average Bonchev–Trinajstić information content (AvgIpc) is 2.13. The van der Waals surface area contributed by atoms with Crippen LogP contribution in [0.2, 0.25) is 0 Å². The van der Waals surface area contributed by atoms with Gasteiger partial charge in [0.15, 0.2) is 0 Å². The molecule has 2 unspecified atom stereocenters. The normalized spacial score (nSPS) is 37.5. The van der Waals surface area contributed by atoms with Crippen LogP contribution in [0.15, 0.2) is 12.7 Å². The summed E-state index contributed by atoms with van der Waals surface area (Å²) in [7, 11) is 0. The highest BCUT2D eigenvalue weighted by molar-refractivity contribution is 5.11. The van der Waals surface area contributed by atoms with Gasteiger partial charge in [0.05, 0.1) is 18.3 Å². The molecule has 0 bridgehead atoms. The van der Waals surface area contributed by atoms with Crippen molar-refractivity contribution in [3.05, 3.63) is 12.7 Å². The quantitative estimate of drug-likeness (QED) is 0.694. The van der Waals surface area contributed by atoms with E-state index in [0.29, 0.717) is 6.54 Å². The van der Waals surface area contributed by atoms with E-state index in [-0.39, 0.29) is 12.2 Å². The van der Waals surface area contributed by atoms with Crippen LogP contribution in [0.1, 0.15) is 26.7 Å². The summed E-state index contributed by atoms with van der Waals surface area (Å²) >= 11 is 0. The van der Waals surface area contributed by atoms with E-state index in [9.17, 15) is 5.26 Å². The van der Waals surface area contributed by atoms with Gasteiger partial charge in [-0.05, 0) is 13.8 Å². The molecule has 0 amide bonds. The third kappa shape index (κ3) is 2.57. The van der Waals surface area contributed by atoms with Crippen LogP contribution in [0.5, 0.6) is 0 Å². The van der Waals surface area contributed by atoms with Crippen molar-refractivity contribution in [3.8, 4) is 6.07 Å². The number of nitrogens with zero attached hydrogens (tertiary/aromatic N) is 1. The first-order valence-corrected chi connectivity index (χ1v) is 5.04. The van der Waals surface area contributed by atoms with Crippen molar-refractivity contribution in [2.45, 2.75) is 44.4 Å². The first-order valence-electron chi connectivity index (χ1n) is 5.04. The third-order valence-corrected chi connectivity index (χ3v) is 2.54. The molecule has 1 saturated heterocycles. The molecule has 0 aliphatic carbocycles. The van der Waals surface area contributed by atoms with Crippen LogP contribution in [0.3, 0.4) is 0 Å². The Labute approximate surface area is 85.7 Å². The first-order chi connectivity index (χ1) is 6.62. The number of nitrogens with one attached hydrogen (secondary N) is 1. The van der Waals surface area contributed by atoms with E-state index in [4.69, 9.17) is 4.74 Å². The van der Waals surface area contributed by atoms with Crippen LogP contribution < -0.4 is 5.32 Å². The Morgan fingerprint density at radius 2 is 2.14 bits per heavy atom. The number of hydrogen-bond donors (Lipinski definition) is 1. The maximum Gasteiger partial charge on any atom is 0.111 e. The van der Waals surface area contributed by atoms with Crippen molar-refractivity contribution in [2.24, 2.45) is 0 Å². The monoisotopic (exact) mass is 194 g/mol. The van der Waals surface area contributed by atoms with Crippen molar-refractivity contribution in [3.63, 3.8) is 0 Å². The Morgan fingerprint density at radius 3 is 2.57 bits per heavy atom. The van der Waals surface area contributed by atoms with Gasteiger partial charge in [0.1, 0.15) is 5.54 Å². The van der Waals surface area contributed by atoms with Crippen LogP contribution in [0, 0.1) is 11.3 Å². The lowest BCUT2D eigenvalue weighted by Crippen LogP contribution is -2.52. The highest BCUT2D eigenvalue weighted by Crippen LogP contribution is 2.28. The largest absolute Gasteiger partial charge is 0.375 e. The van der Waals surface area contributed by atoms with E-state index in [1.807, 2.05) is 13.8 Å². The molecule has 0 aromatic rings. The molecule has 3 nitrogen and oxygen atoms in total. The standard InChI is InChI=1S/C11H18N2O/c1-4-5-13-11(8-12)6-9(2)14-10(3)7-11/h4,9-10,13H,1,5-7H2,2-3H3. The fraction of sp³-hybridized carbons (Fsp3) is 0.727. The van der Waals surface area contributed by atoms with Crippen molar-refractivity contribution in [1.82, 2.24) is 5.32 Å². The molecular weight excluding hydrogens is 176 g/mol. The molecule has 3 heteroatoms. The van der Waals surface area contributed by atoms with Crippen molar-refractivity contribution in [2.75, 3.05) is 6.54 Å². The summed E-state index contributed by atoms with van der Waals surface area (Å²) in [6, 6.07) is 2.37. The van der Waals surface area contributed by atoms with Crippen molar-refractivity contribution in [1.29, 1.82) is 5.26 Å². The summed E-state index contributed by atoms with van der Waals surface area (Å²) in [6.07, 6.45) is 3.58. The molecule has 1 aliphatic rings. The Bertz CT molecular complexity index is 234. The molecule has 1 aliphatic heterocycles. The first kappa shape index (κ1) is 11.2. The van der Waals surface area contributed by atoms with Gasteiger partial charge in [0.25, 0.3) is 0 Å². The highest BCUT2D eigenvalue weighted by atomic mass is 16.5. The molecule has 1 heterocycles. The van der Waals surface area contributed by atoms with E-state index in [2.05, 4.69) is 18.0 Å². The molecule has 78 valence electrons. The van der Waals surface area contributed by atoms with Gasteiger partial charge in [0, 0.05) is 19.4 Å². The maximum absolute atomic E-state index is 9.20. The summed E-state index contributed by atoms with van der Waals surface area (Å²) in [5.41, 5.74) is -0.425. The lowest BCUT2D eigenvalue weighted by Gasteiger charge is -2.38. The Hall–Kier alpha value is -0.850. The zero-order chi connectivity index (χ0) is 10.6. The van der Waals surface area contributed by atoms with Gasteiger partial charge in [-0.3, -0.25) is 5.32 Å². The molecule has 1 N–H and O–H groups in total. The van der Waals surface area contributed by atoms with E-state index >= 15 is 0 Å². The molecule has 0 spiro atoms. The number of ether oxygens (including phenoxy) is 1. The predicted molar refractivity (Wildman–Crippen MR) is 55.8 cm³/mol. The van der Waals surface area contributed by atoms with Gasteiger partial charge in [-0.2, -0.15) is 5.26 Å². The van der Waals surface area contributed by atoms with Crippen LogP contribution >= 0.6 is 0 Å². The van der Waals surface area contributed by atoms with E-state index in [0.717, 1.165) is 12.8 Å². The third-order valence-electron chi connectivity index (χ3n) is 2.54. The molecule has 0 aromatic carbocycles. The van der Waals surface area contributed by atoms with Gasteiger partial charge >= 0.3 is 0 Å². The summed E-state index contributed by atoms with van der Waals surface area (Å²) in [5, 5.41) is 12.4. The number of nitriles is 1. The highest BCUT2D eigenvalue weighted by Gasteiger charge is 2.38. The summed E-state index contributed by atoms with van der Waals surface area (Å²) < 4.78 is 5.61. The topological polar surface area (TPSA) is 45.0 Å². The summed E-state index contributed by atoms with van der Waals surface area (Å²) in [5.74, 6) is 0. The van der Waals surface area contributed by atoms with Gasteiger partial charge < -0.3 is 4.74 Å². The van der Waals surface area contributed by atoms with Crippen LogP contribution in [0.25, 0.3) is 0 Å². The lowest BCUT2D eigenvalue weighted by atomic mass is 9.85. The minimum atomic E-state index is -0.425. The zero-order valence-corrected chi connectivity index (χ0v) is 8.92.